The zero-order valence-electron chi connectivity index (χ0n) is 13.3. The van der Waals surface area contributed by atoms with Crippen molar-refractivity contribution < 1.29 is 4.74 Å². The zero-order chi connectivity index (χ0) is 14.7. The minimum absolute atomic E-state index is 0.377. The van der Waals surface area contributed by atoms with Crippen molar-refractivity contribution in [2.45, 2.75) is 44.8 Å². The fraction of sp³-hybridized carbons (Fsp3) is 0.579. The predicted molar refractivity (Wildman–Crippen MR) is 88.1 cm³/mol. The number of hydrogen-bond acceptors (Lipinski definition) is 2. The molecule has 2 aromatic rings. The van der Waals surface area contributed by atoms with E-state index in [-0.39, 0.29) is 0 Å². The third-order valence-corrected chi connectivity index (χ3v) is 6.32. The van der Waals surface area contributed by atoms with E-state index in [1.165, 1.54) is 42.5 Å². The maximum Gasteiger partial charge on any atom is 0.0974 e. The number of hydrogen-bond donors (Lipinski definition) is 1. The Hall–Kier alpha value is -1.32. The molecule has 0 amide bonds. The Morgan fingerprint density at radius 3 is 3.14 bits per heavy atom. The summed E-state index contributed by atoms with van der Waals surface area (Å²) >= 11 is 0. The van der Waals surface area contributed by atoms with Crippen LogP contribution in [-0.2, 0) is 17.6 Å². The first-order chi connectivity index (χ1) is 10.8. The molecule has 2 fully saturated rings. The second-order valence-electron chi connectivity index (χ2n) is 7.42. The second kappa shape index (κ2) is 4.59. The molecule has 2 saturated heterocycles. The lowest BCUT2D eigenvalue weighted by atomic mass is 9.73. The van der Waals surface area contributed by atoms with Crippen molar-refractivity contribution in [2.75, 3.05) is 19.6 Å². The van der Waals surface area contributed by atoms with Crippen LogP contribution in [0.1, 0.15) is 31.0 Å². The Balaban J connectivity index is 1.57. The fourth-order valence-corrected chi connectivity index (χ4v) is 4.95. The van der Waals surface area contributed by atoms with E-state index >= 15 is 0 Å². The molecule has 0 spiro atoms. The van der Waals surface area contributed by atoms with Crippen LogP contribution in [0.25, 0.3) is 10.9 Å². The quantitative estimate of drug-likeness (QED) is 0.820. The van der Waals surface area contributed by atoms with Gasteiger partial charge >= 0.3 is 0 Å². The highest BCUT2D eigenvalue weighted by Gasteiger charge is 2.57. The van der Waals surface area contributed by atoms with Crippen LogP contribution in [0.5, 0.6) is 0 Å². The smallest absolute Gasteiger partial charge is 0.0974 e. The minimum Gasteiger partial charge on any atom is -0.368 e. The monoisotopic (exact) mass is 296 g/mol. The van der Waals surface area contributed by atoms with Gasteiger partial charge in [-0.15, -0.1) is 0 Å². The number of nitrogens with zero attached hydrogens (tertiary/aromatic N) is 1. The highest BCUT2D eigenvalue weighted by Crippen LogP contribution is 2.49. The van der Waals surface area contributed by atoms with Crippen LogP contribution < -0.4 is 0 Å². The molecule has 3 aliphatic heterocycles. The van der Waals surface area contributed by atoms with Gasteiger partial charge in [0.15, 0.2) is 0 Å². The average Bonchev–Trinajstić information content (AvgIpc) is 3.23. The molecule has 3 aliphatic rings. The molecule has 0 aliphatic carbocycles. The number of benzene rings is 1. The van der Waals surface area contributed by atoms with Gasteiger partial charge < -0.3 is 9.72 Å². The summed E-state index contributed by atoms with van der Waals surface area (Å²) in [5.41, 5.74) is 4.71. The number of ether oxygens (including phenoxy) is 1. The Morgan fingerprint density at radius 2 is 2.23 bits per heavy atom. The number of rotatable bonds is 1. The van der Waals surface area contributed by atoms with Crippen LogP contribution in [0.3, 0.4) is 0 Å². The van der Waals surface area contributed by atoms with E-state index in [9.17, 15) is 0 Å². The van der Waals surface area contributed by atoms with Crippen LogP contribution in [0.2, 0.25) is 0 Å². The second-order valence-corrected chi connectivity index (χ2v) is 7.42. The van der Waals surface area contributed by atoms with E-state index < -0.39 is 0 Å². The highest BCUT2D eigenvalue weighted by atomic mass is 16.6. The highest BCUT2D eigenvalue weighted by molar-refractivity contribution is 5.84. The summed E-state index contributed by atoms with van der Waals surface area (Å²) < 4.78 is 6.03. The van der Waals surface area contributed by atoms with E-state index in [0.717, 1.165) is 19.4 Å². The molecule has 3 heteroatoms. The van der Waals surface area contributed by atoms with E-state index in [4.69, 9.17) is 4.74 Å². The van der Waals surface area contributed by atoms with Crippen LogP contribution >= 0.6 is 0 Å². The number of nitrogens with one attached hydrogen (secondary N) is 1. The van der Waals surface area contributed by atoms with Gasteiger partial charge in [0.25, 0.3) is 0 Å². The molecule has 4 heterocycles. The number of aromatic amines is 1. The maximum atomic E-state index is 6.03. The maximum absolute atomic E-state index is 6.03. The fourth-order valence-electron chi connectivity index (χ4n) is 4.95. The number of epoxide rings is 1. The largest absolute Gasteiger partial charge is 0.368 e. The molecule has 4 atom stereocenters. The van der Waals surface area contributed by atoms with Gasteiger partial charge in [0.2, 0.25) is 0 Å². The minimum atomic E-state index is 0.377. The van der Waals surface area contributed by atoms with E-state index in [0.29, 0.717) is 17.6 Å². The standard InChI is InChI=1S/C19H24N2O/c1-2-19-9-7-16-14(13-5-3-4-6-15(13)20-16)8-10-21(12-19)11-17-18(19)22-17/h3-6,17-18,20H,2,7-12H2,1H3/t17-,18-,19-/m1/s1. The van der Waals surface area contributed by atoms with Gasteiger partial charge in [-0.05, 0) is 37.3 Å². The van der Waals surface area contributed by atoms with Crippen molar-refractivity contribution >= 4 is 10.9 Å². The summed E-state index contributed by atoms with van der Waals surface area (Å²) in [4.78, 5) is 6.36. The zero-order valence-corrected chi connectivity index (χ0v) is 13.3. The van der Waals surface area contributed by atoms with E-state index in [1.54, 1.807) is 5.56 Å². The van der Waals surface area contributed by atoms with Crippen LogP contribution in [0.4, 0.5) is 0 Å². The van der Waals surface area contributed by atoms with Crippen molar-refractivity contribution in [1.29, 1.82) is 0 Å². The lowest BCUT2D eigenvalue weighted by Crippen LogP contribution is -2.48. The summed E-state index contributed by atoms with van der Waals surface area (Å²) in [6.45, 7) is 5.90. The molecular formula is C19H24N2O. The molecule has 5 rings (SSSR count). The predicted octanol–water partition coefficient (Wildman–Crippen LogP) is 3.14. The molecule has 1 unspecified atom stereocenters. The third-order valence-electron chi connectivity index (χ3n) is 6.32. The van der Waals surface area contributed by atoms with Crippen LogP contribution in [0.15, 0.2) is 24.3 Å². The number of para-hydroxylation sites is 1. The van der Waals surface area contributed by atoms with Crippen LogP contribution in [0, 0.1) is 5.41 Å². The number of aryl methyl sites for hydroxylation is 1. The molecule has 2 bridgehead atoms. The summed E-state index contributed by atoms with van der Waals surface area (Å²) in [5.74, 6) is 0. The van der Waals surface area contributed by atoms with E-state index in [1.807, 2.05) is 0 Å². The van der Waals surface area contributed by atoms with Crippen molar-refractivity contribution in [3.05, 3.63) is 35.5 Å². The summed E-state index contributed by atoms with van der Waals surface area (Å²) in [6.07, 6.45) is 5.86. The molecular weight excluding hydrogens is 272 g/mol. The van der Waals surface area contributed by atoms with Crippen molar-refractivity contribution in [2.24, 2.45) is 5.41 Å². The molecule has 0 radical (unpaired) electrons. The SMILES string of the molecule is CC[C@]12CCc3[nH]c4ccccc4c3CCN(C[C@H]3O[C@H]31)C2. The molecule has 1 aromatic heterocycles. The lowest BCUT2D eigenvalue weighted by molar-refractivity contribution is 0.0955. The van der Waals surface area contributed by atoms with Gasteiger partial charge in [0.1, 0.15) is 0 Å². The Kier molecular flexibility index (Phi) is 2.74. The lowest BCUT2D eigenvalue weighted by Gasteiger charge is -2.39. The molecule has 116 valence electrons. The van der Waals surface area contributed by atoms with Gasteiger partial charge in [-0.1, -0.05) is 25.1 Å². The van der Waals surface area contributed by atoms with Gasteiger partial charge in [-0.25, -0.2) is 0 Å². The topological polar surface area (TPSA) is 31.6 Å². The first kappa shape index (κ1) is 13.1. The molecule has 0 saturated carbocycles. The third kappa shape index (κ3) is 1.82. The normalized spacial score (nSPS) is 36.9. The summed E-state index contributed by atoms with van der Waals surface area (Å²) in [7, 11) is 0. The van der Waals surface area contributed by atoms with Crippen molar-refractivity contribution in [3.63, 3.8) is 0 Å². The Bertz CT molecular complexity index is 721. The number of fused-ring (bicyclic) bond motifs is 7. The van der Waals surface area contributed by atoms with Crippen LogP contribution in [-0.4, -0.2) is 41.7 Å². The first-order valence-electron chi connectivity index (χ1n) is 8.75. The average molecular weight is 296 g/mol. The molecule has 22 heavy (non-hydrogen) atoms. The van der Waals surface area contributed by atoms with E-state index in [2.05, 4.69) is 41.1 Å². The summed E-state index contributed by atoms with van der Waals surface area (Å²) in [5, 5.41) is 1.43. The Labute approximate surface area is 131 Å². The van der Waals surface area contributed by atoms with Gasteiger partial charge in [-0.2, -0.15) is 0 Å². The molecule has 3 nitrogen and oxygen atoms in total. The van der Waals surface area contributed by atoms with Gasteiger partial charge in [0.05, 0.1) is 12.2 Å². The van der Waals surface area contributed by atoms with Gasteiger partial charge in [-0.3, -0.25) is 4.90 Å². The molecule has 1 aromatic carbocycles. The number of H-pyrrole nitrogens is 1. The van der Waals surface area contributed by atoms with Gasteiger partial charge in [0, 0.05) is 41.6 Å². The van der Waals surface area contributed by atoms with Crippen molar-refractivity contribution in [3.8, 4) is 0 Å². The van der Waals surface area contributed by atoms with Crippen molar-refractivity contribution in [1.82, 2.24) is 9.88 Å². The number of piperidine rings is 1. The summed E-state index contributed by atoms with van der Waals surface area (Å²) in [6, 6.07) is 8.79. The first-order valence-corrected chi connectivity index (χ1v) is 8.75. The molecule has 1 N–H and O–H groups in total. The number of aromatic nitrogens is 1. The Morgan fingerprint density at radius 1 is 1.32 bits per heavy atom.